The lowest BCUT2D eigenvalue weighted by atomic mass is 10.2. The molecule has 0 spiro atoms. The van der Waals surface area contributed by atoms with E-state index in [2.05, 4.69) is 26.2 Å². The second-order valence-corrected chi connectivity index (χ2v) is 9.58. The fourth-order valence-corrected chi connectivity index (χ4v) is 4.01. The number of fused-ring (bicyclic) bond motifs is 1. The molecule has 1 N–H and O–H groups in total. The van der Waals surface area contributed by atoms with Gasteiger partial charge in [0.25, 0.3) is 0 Å². The highest BCUT2D eigenvalue weighted by Crippen LogP contribution is 2.39. The summed E-state index contributed by atoms with van der Waals surface area (Å²) in [5.41, 5.74) is 2.18. The number of para-hydroxylation sites is 1. The number of aromatic nitrogens is 4. The van der Waals surface area contributed by atoms with Crippen LogP contribution in [0, 0.1) is 11.3 Å². The van der Waals surface area contributed by atoms with Crippen LogP contribution in [0.3, 0.4) is 0 Å². The highest BCUT2D eigenvalue weighted by molar-refractivity contribution is 7.90. The van der Waals surface area contributed by atoms with Crippen molar-refractivity contribution < 1.29 is 17.9 Å². The van der Waals surface area contributed by atoms with E-state index < -0.39 is 9.84 Å². The Morgan fingerprint density at radius 2 is 1.69 bits per heavy atom. The van der Waals surface area contributed by atoms with E-state index in [1.807, 2.05) is 0 Å². The first-order chi connectivity index (χ1) is 16.9. The number of nitrogens with one attached hydrogen (secondary N) is 1. The van der Waals surface area contributed by atoms with E-state index in [-0.39, 0.29) is 4.90 Å². The van der Waals surface area contributed by atoms with Crippen LogP contribution in [-0.2, 0) is 9.84 Å². The fourth-order valence-electron chi connectivity index (χ4n) is 3.37. The lowest BCUT2D eigenvalue weighted by Crippen LogP contribution is -1.97. The molecule has 0 atom stereocenters. The first kappa shape index (κ1) is 22.1. The minimum absolute atomic E-state index is 0.182. The standard InChI is InChI=1S/C25H17N5O4S/c1-35(31,32)18-10-8-17(9-11-18)33-23-13-20-21(29-25(28-20)19-6-4-12-27-30-19)14-24(23)34-22-7-3-2-5-16(22)15-26/h2-14H,1H3,(H,28,29). The van der Waals surface area contributed by atoms with E-state index in [0.717, 1.165) is 6.26 Å². The number of rotatable bonds is 6. The van der Waals surface area contributed by atoms with Crippen LogP contribution in [0.25, 0.3) is 22.6 Å². The molecule has 9 nitrogen and oxygen atoms in total. The Balaban J connectivity index is 1.59. The van der Waals surface area contributed by atoms with Crippen LogP contribution in [0.4, 0.5) is 0 Å². The highest BCUT2D eigenvalue weighted by Gasteiger charge is 2.16. The fraction of sp³-hybridized carbons (Fsp3) is 0.0400. The molecule has 0 saturated heterocycles. The van der Waals surface area contributed by atoms with Crippen molar-refractivity contribution in [3.05, 3.63) is 84.6 Å². The van der Waals surface area contributed by atoms with Crippen molar-refractivity contribution in [1.29, 1.82) is 5.26 Å². The molecule has 35 heavy (non-hydrogen) atoms. The molecule has 0 unspecified atom stereocenters. The molecular weight excluding hydrogens is 466 g/mol. The zero-order valence-corrected chi connectivity index (χ0v) is 19.2. The van der Waals surface area contributed by atoms with Gasteiger partial charge in [0.05, 0.1) is 21.5 Å². The minimum atomic E-state index is -3.34. The lowest BCUT2D eigenvalue weighted by Gasteiger charge is -2.13. The van der Waals surface area contributed by atoms with Crippen LogP contribution in [-0.4, -0.2) is 34.8 Å². The maximum Gasteiger partial charge on any atom is 0.175 e. The maximum atomic E-state index is 11.8. The average Bonchev–Trinajstić information content (AvgIpc) is 3.28. The van der Waals surface area contributed by atoms with Crippen LogP contribution in [0.5, 0.6) is 23.0 Å². The Bertz CT molecular complexity index is 1680. The number of nitriles is 1. The van der Waals surface area contributed by atoms with Crippen molar-refractivity contribution >= 4 is 20.9 Å². The van der Waals surface area contributed by atoms with E-state index in [4.69, 9.17) is 9.47 Å². The Morgan fingerprint density at radius 1 is 0.914 bits per heavy atom. The molecule has 2 aromatic heterocycles. The molecule has 0 bridgehead atoms. The summed E-state index contributed by atoms with van der Waals surface area (Å²) in [6.07, 6.45) is 2.72. The number of sulfone groups is 1. The average molecular weight is 484 g/mol. The molecule has 5 aromatic rings. The van der Waals surface area contributed by atoms with Crippen LogP contribution < -0.4 is 9.47 Å². The van der Waals surface area contributed by atoms with Gasteiger partial charge >= 0.3 is 0 Å². The largest absolute Gasteiger partial charge is 0.453 e. The van der Waals surface area contributed by atoms with Crippen LogP contribution in [0.2, 0.25) is 0 Å². The molecule has 172 valence electrons. The third kappa shape index (κ3) is 4.66. The van der Waals surface area contributed by atoms with Crippen molar-refractivity contribution in [2.45, 2.75) is 4.90 Å². The second-order valence-electron chi connectivity index (χ2n) is 7.57. The van der Waals surface area contributed by atoms with Gasteiger partial charge in [0.15, 0.2) is 27.2 Å². The van der Waals surface area contributed by atoms with E-state index in [1.54, 1.807) is 66.9 Å². The summed E-state index contributed by atoms with van der Waals surface area (Å²) in [4.78, 5) is 7.97. The summed E-state index contributed by atoms with van der Waals surface area (Å²) in [6, 6.07) is 22.0. The summed E-state index contributed by atoms with van der Waals surface area (Å²) in [6.45, 7) is 0. The number of aromatic amines is 1. The molecule has 0 amide bonds. The molecule has 0 fully saturated rings. The Labute approximate surface area is 200 Å². The zero-order chi connectivity index (χ0) is 24.4. The van der Waals surface area contributed by atoms with Crippen LogP contribution in [0.1, 0.15) is 5.56 Å². The summed E-state index contributed by atoms with van der Waals surface area (Å²) in [5.74, 6) is 1.95. The van der Waals surface area contributed by atoms with Gasteiger partial charge in [0.2, 0.25) is 0 Å². The number of ether oxygens (including phenoxy) is 2. The first-order valence-corrected chi connectivity index (χ1v) is 12.3. The van der Waals surface area contributed by atoms with Gasteiger partial charge in [-0.25, -0.2) is 13.4 Å². The van der Waals surface area contributed by atoms with Crippen molar-refractivity contribution in [2.75, 3.05) is 6.26 Å². The maximum absolute atomic E-state index is 11.8. The van der Waals surface area contributed by atoms with Gasteiger partial charge in [-0.3, -0.25) is 0 Å². The molecular formula is C25H17N5O4S. The predicted molar refractivity (Wildman–Crippen MR) is 128 cm³/mol. The van der Waals surface area contributed by atoms with E-state index in [1.165, 1.54) is 12.1 Å². The SMILES string of the molecule is CS(=O)(=O)c1ccc(Oc2cc3[nH]c(-c4cccnn4)nc3cc2Oc2ccccc2C#N)cc1. The normalized spacial score (nSPS) is 11.2. The van der Waals surface area contributed by atoms with Gasteiger partial charge in [-0.1, -0.05) is 12.1 Å². The topological polar surface area (TPSA) is 131 Å². The molecule has 5 rings (SSSR count). The van der Waals surface area contributed by atoms with Gasteiger partial charge < -0.3 is 14.5 Å². The Kier molecular flexibility index (Phi) is 5.60. The zero-order valence-electron chi connectivity index (χ0n) is 18.3. The number of imidazole rings is 1. The number of nitrogens with zero attached hydrogens (tertiary/aromatic N) is 4. The molecule has 3 aromatic carbocycles. The molecule has 0 radical (unpaired) electrons. The van der Waals surface area contributed by atoms with Crippen molar-refractivity contribution in [3.8, 4) is 40.6 Å². The molecule has 0 aliphatic heterocycles. The van der Waals surface area contributed by atoms with E-state index >= 15 is 0 Å². The van der Waals surface area contributed by atoms with Crippen LogP contribution >= 0.6 is 0 Å². The number of benzene rings is 3. The van der Waals surface area contributed by atoms with Crippen LogP contribution in [0.15, 0.2) is 83.9 Å². The predicted octanol–water partition coefficient (Wildman–Crippen LogP) is 4.88. The summed E-state index contributed by atoms with van der Waals surface area (Å²) in [5, 5.41) is 17.4. The van der Waals surface area contributed by atoms with Gasteiger partial charge in [-0.2, -0.15) is 10.4 Å². The van der Waals surface area contributed by atoms with Crippen molar-refractivity contribution in [3.63, 3.8) is 0 Å². The number of H-pyrrole nitrogens is 1. The number of hydrogen-bond acceptors (Lipinski definition) is 8. The monoisotopic (exact) mass is 483 g/mol. The summed E-state index contributed by atoms with van der Waals surface area (Å²) in [7, 11) is -3.34. The molecule has 0 aliphatic carbocycles. The van der Waals surface area contributed by atoms with Crippen molar-refractivity contribution in [1.82, 2.24) is 20.2 Å². The third-order valence-electron chi connectivity index (χ3n) is 5.07. The number of hydrogen-bond donors (Lipinski definition) is 1. The second kappa shape index (κ2) is 8.89. The van der Waals surface area contributed by atoms with E-state index in [9.17, 15) is 13.7 Å². The molecule has 10 heteroatoms. The van der Waals surface area contributed by atoms with Gasteiger partial charge in [0, 0.05) is 24.6 Å². The first-order valence-electron chi connectivity index (χ1n) is 10.4. The molecule has 2 heterocycles. The van der Waals surface area contributed by atoms with Crippen molar-refractivity contribution in [2.24, 2.45) is 0 Å². The highest BCUT2D eigenvalue weighted by atomic mass is 32.2. The molecule has 0 saturated carbocycles. The smallest absolute Gasteiger partial charge is 0.175 e. The quantitative estimate of drug-likeness (QED) is 0.362. The lowest BCUT2D eigenvalue weighted by molar-refractivity contribution is 0.419. The Morgan fingerprint density at radius 3 is 2.40 bits per heavy atom. The van der Waals surface area contributed by atoms with Gasteiger partial charge in [-0.05, 0) is 48.5 Å². The summed E-state index contributed by atoms with van der Waals surface area (Å²) < 4.78 is 35.7. The van der Waals surface area contributed by atoms with Gasteiger partial charge in [0.1, 0.15) is 23.3 Å². The summed E-state index contributed by atoms with van der Waals surface area (Å²) >= 11 is 0. The molecule has 0 aliphatic rings. The minimum Gasteiger partial charge on any atom is -0.453 e. The Hall–Kier alpha value is -4.75. The third-order valence-corrected chi connectivity index (χ3v) is 6.20. The van der Waals surface area contributed by atoms with Gasteiger partial charge in [-0.15, -0.1) is 5.10 Å². The van der Waals surface area contributed by atoms with E-state index in [0.29, 0.717) is 51.1 Å².